The normalized spacial score (nSPS) is 21.9. The molecular formula is C12H20N6O2. The SMILES string of the molecule is CCOc1nc(N)nc(N2CCC(C)(C(=O)NC)C2)n1. The molecule has 1 aromatic heterocycles. The summed E-state index contributed by atoms with van der Waals surface area (Å²) in [6, 6.07) is 0.212. The molecule has 20 heavy (non-hydrogen) atoms. The van der Waals surface area contributed by atoms with Crippen LogP contribution < -0.4 is 20.7 Å². The van der Waals surface area contributed by atoms with Crippen molar-refractivity contribution in [2.45, 2.75) is 20.3 Å². The number of aromatic nitrogens is 3. The van der Waals surface area contributed by atoms with E-state index in [2.05, 4.69) is 20.3 Å². The maximum absolute atomic E-state index is 11.9. The van der Waals surface area contributed by atoms with Crippen LogP contribution in [0.15, 0.2) is 0 Å². The van der Waals surface area contributed by atoms with Gasteiger partial charge in [-0.3, -0.25) is 4.79 Å². The van der Waals surface area contributed by atoms with E-state index in [-0.39, 0.29) is 17.9 Å². The van der Waals surface area contributed by atoms with Crippen molar-refractivity contribution in [2.75, 3.05) is 37.4 Å². The van der Waals surface area contributed by atoms with Crippen molar-refractivity contribution in [3.05, 3.63) is 0 Å². The van der Waals surface area contributed by atoms with E-state index < -0.39 is 5.41 Å². The fourth-order valence-corrected chi connectivity index (χ4v) is 2.31. The van der Waals surface area contributed by atoms with Gasteiger partial charge in [-0.2, -0.15) is 15.0 Å². The number of nitrogens with zero attached hydrogens (tertiary/aromatic N) is 4. The molecular weight excluding hydrogens is 260 g/mol. The Morgan fingerprint density at radius 3 is 2.90 bits per heavy atom. The molecule has 1 fully saturated rings. The Morgan fingerprint density at radius 1 is 1.50 bits per heavy atom. The number of carbonyl (C=O) groups excluding carboxylic acids is 1. The number of nitrogen functional groups attached to an aromatic ring is 1. The van der Waals surface area contributed by atoms with Crippen molar-refractivity contribution < 1.29 is 9.53 Å². The van der Waals surface area contributed by atoms with Gasteiger partial charge in [0, 0.05) is 20.1 Å². The van der Waals surface area contributed by atoms with Gasteiger partial charge in [0.15, 0.2) is 0 Å². The zero-order chi connectivity index (χ0) is 14.8. The molecule has 8 nitrogen and oxygen atoms in total. The van der Waals surface area contributed by atoms with Crippen LogP contribution in [0.1, 0.15) is 20.3 Å². The van der Waals surface area contributed by atoms with E-state index in [9.17, 15) is 4.79 Å². The fraction of sp³-hybridized carbons (Fsp3) is 0.667. The van der Waals surface area contributed by atoms with E-state index in [1.54, 1.807) is 7.05 Å². The summed E-state index contributed by atoms with van der Waals surface area (Å²) in [4.78, 5) is 26.1. The first-order chi connectivity index (χ1) is 9.48. The summed E-state index contributed by atoms with van der Waals surface area (Å²) in [6.45, 7) is 5.47. The van der Waals surface area contributed by atoms with Gasteiger partial charge in [0.1, 0.15) is 0 Å². The highest BCUT2D eigenvalue weighted by Gasteiger charge is 2.40. The molecule has 1 amide bonds. The first-order valence-electron chi connectivity index (χ1n) is 6.60. The molecule has 0 saturated carbocycles. The van der Waals surface area contributed by atoms with Crippen molar-refractivity contribution in [2.24, 2.45) is 5.41 Å². The number of nitrogens with one attached hydrogen (secondary N) is 1. The molecule has 1 aromatic rings. The number of amides is 1. The van der Waals surface area contributed by atoms with Crippen LogP contribution in [-0.4, -0.2) is 47.6 Å². The van der Waals surface area contributed by atoms with E-state index in [4.69, 9.17) is 10.5 Å². The first kappa shape index (κ1) is 14.3. The van der Waals surface area contributed by atoms with Gasteiger partial charge in [0.2, 0.25) is 17.8 Å². The second kappa shape index (κ2) is 5.48. The molecule has 0 aliphatic carbocycles. The molecule has 0 bridgehead atoms. The lowest BCUT2D eigenvalue weighted by atomic mass is 9.89. The highest BCUT2D eigenvalue weighted by atomic mass is 16.5. The van der Waals surface area contributed by atoms with Crippen molar-refractivity contribution in [1.29, 1.82) is 0 Å². The fourth-order valence-electron chi connectivity index (χ4n) is 2.31. The van der Waals surface area contributed by atoms with Crippen molar-refractivity contribution in [3.63, 3.8) is 0 Å². The van der Waals surface area contributed by atoms with Gasteiger partial charge in [0.25, 0.3) is 0 Å². The average Bonchev–Trinajstić information content (AvgIpc) is 2.81. The summed E-state index contributed by atoms with van der Waals surface area (Å²) in [5.74, 6) is 0.590. The van der Waals surface area contributed by atoms with E-state index >= 15 is 0 Å². The van der Waals surface area contributed by atoms with Gasteiger partial charge in [-0.05, 0) is 20.3 Å². The Hall–Kier alpha value is -2.12. The summed E-state index contributed by atoms with van der Waals surface area (Å²) in [5.41, 5.74) is 5.22. The maximum atomic E-state index is 11.9. The van der Waals surface area contributed by atoms with Crippen LogP contribution in [-0.2, 0) is 4.79 Å². The standard InChI is InChI=1S/C12H20N6O2/c1-4-20-11-16-9(13)15-10(17-11)18-6-5-12(2,7-18)8(19)14-3/h4-7H2,1-3H3,(H,14,19)(H2,13,15,16,17). The third-order valence-corrected chi connectivity index (χ3v) is 3.43. The van der Waals surface area contributed by atoms with Crippen LogP contribution in [0.3, 0.4) is 0 Å². The predicted octanol–water partition coefficient (Wildman–Crippen LogP) is -0.185. The lowest BCUT2D eigenvalue weighted by Gasteiger charge is -2.22. The topological polar surface area (TPSA) is 106 Å². The molecule has 110 valence electrons. The van der Waals surface area contributed by atoms with Crippen molar-refractivity contribution in [3.8, 4) is 6.01 Å². The predicted molar refractivity (Wildman–Crippen MR) is 74.4 cm³/mol. The first-order valence-corrected chi connectivity index (χ1v) is 6.60. The van der Waals surface area contributed by atoms with Gasteiger partial charge in [-0.15, -0.1) is 0 Å². The third kappa shape index (κ3) is 2.73. The molecule has 1 unspecified atom stereocenters. The monoisotopic (exact) mass is 280 g/mol. The minimum Gasteiger partial charge on any atom is -0.464 e. The Balaban J connectivity index is 2.19. The van der Waals surface area contributed by atoms with E-state index in [0.717, 1.165) is 6.42 Å². The van der Waals surface area contributed by atoms with E-state index in [1.807, 2.05) is 18.7 Å². The maximum Gasteiger partial charge on any atom is 0.323 e. The molecule has 0 spiro atoms. The molecule has 0 aromatic carbocycles. The Labute approximate surface area is 117 Å². The molecule has 3 N–H and O–H groups in total. The Kier molecular flexibility index (Phi) is 3.91. The quantitative estimate of drug-likeness (QED) is 0.787. The lowest BCUT2D eigenvalue weighted by Crippen LogP contribution is -2.39. The Bertz CT molecular complexity index is 509. The van der Waals surface area contributed by atoms with Gasteiger partial charge < -0.3 is 20.7 Å². The summed E-state index contributed by atoms with van der Waals surface area (Å²) in [5, 5.41) is 2.69. The Morgan fingerprint density at radius 2 is 2.25 bits per heavy atom. The largest absolute Gasteiger partial charge is 0.464 e. The second-order valence-corrected chi connectivity index (χ2v) is 5.02. The van der Waals surface area contributed by atoms with Gasteiger partial charge in [-0.1, -0.05) is 0 Å². The molecule has 2 rings (SSSR count). The van der Waals surface area contributed by atoms with Crippen molar-refractivity contribution in [1.82, 2.24) is 20.3 Å². The van der Waals surface area contributed by atoms with Crippen LogP contribution in [0.25, 0.3) is 0 Å². The number of hydrogen-bond acceptors (Lipinski definition) is 7. The minimum absolute atomic E-state index is 0.0204. The second-order valence-electron chi connectivity index (χ2n) is 5.02. The number of nitrogens with two attached hydrogens (primary N) is 1. The molecule has 1 aliphatic heterocycles. The van der Waals surface area contributed by atoms with Crippen LogP contribution in [0.5, 0.6) is 6.01 Å². The van der Waals surface area contributed by atoms with E-state index in [1.165, 1.54) is 0 Å². The van der Waals surface area contributed by atoms with Gasteiger partial charge >= 0.3 is 6.01 Å². The van der Waals surface area contributed by atoms with Crippen LogP contribution in [0.2, 0.25) is 0 Å². The minimum atomic E-state index is -0.443. The molecule has 8 heteroatoms. The molecule has 2 heterocycles. The van der Waals surface area contributed by atoms with E-state index in [0.29, 0.717) is 25.6 Å². The number of ether oxygens (including phenoxy) is 1. The number of rotatable bonds is 4. The molecule has 0 radical (unpaired) electrons. The number of anilines is 2. The lowest BCUT2D eigenvalue weighted by molar-refractivity contribution is -0.128. The zero-order valence-electron chi connectivity index (χ0n) is 12.0. The third-order valence-electron chi connectivity index (χ3n) is 3.43. The summed E-state index contributed by atoms with van der Waals surface area (Å²) >= 11 is 0. The highest BCUT2D eigenvalue weighted by molar-refractivity contribution is 5.83. The average molecular weight is 280 g/mol. The van der Waals surface area contributed by atoms with Gasteiger partial charge in [-0.25, -0.2) is 0 Å². The molecule has 1 aliphatic rings. The van der Waals surface area contributed by atoms with Crippen LogP contribution in [0.4, 0.5) is 11.9 Å². The molecule has 1 atom stereocenters. The summed E-state index contributed by atoms with van der Waals surface area (Å²) in [7, 11) is 1.64. The molecule has 1 saturated heterocycles. The van der Waals surface area contributed by atoms with Crippen LogP contribution >= 0.6 is 0 Å². The summed E-state index contributed by atoms with van der Waals surface area (Å²) in [6.07, 6.45) is 0.738. The highest BCUT2D eigenvalue weighted by Crippen LogP contribution is 2.32. The van der Waals surface area contributed by atoms with Gasteiger partial charge in [0.05, 0.1) is 12.0 Å². The van der Waals surface area contributed by atoms with Crippen molar-refractivity contribution >= 4 is 17.8 Å². The summed E-state index contributed by atoms with van der Waals surface area (Å²) < 4.78 is 5.26. The van der Waals surface area contributed by atoms with Crippen LogP contribution in [0, 0.1) is 5.41 Å². The number of hydrogen-bond donors (Lipinski definition) is 2. The number of carbonyl (C=O) groups is 1. The smallest absolute Gasteiger partial charge is 0.323 e. The zero-order valence-corrected chi connectivity index (χ0v) is 12.0.